The van der Waals surface area contributed by atoms with Crippen molar-refractivity contribution < 1.29 is 19.3 Å². The molecule has 0 aromatic heterocycles. The Kier molecular flexibility index (Phi) is 4.52. The predicted molar refractivity (Wildman–Crippen MR) is 141 cm³/mol. The van der Waals surface area contributed by atoms with E-state index < -0.39 is 17.1 Å². The topological polar surface area (TPSA) is 51.2 Å². The lowest BCUT2D eigenvalue weighted by molar-refractivity contribution is -0.324. The van der Waals surface area contributed by atoms with Crippen LogP contribution in [-0.2, 0) is 16.6 Å². The summed E-state index contributed by atoms with van der Waals surface area (Å²) in [5, 5.41) is 12.2. The summed E-state index contributed by atoms with van der Waals surface area (Å²) in [4.78, 5) is 2.85. The lowest BCUT2D eigenvalue weighted by atomic mass is 9.31. The molecule has 5 aliphatic carbocycles. The van der Waals surface area contributed by atoms with Gasteiger partial charge in [0.05, 0.1) is 13.2 Å². The van der Waals surface area contributed by atoms with Gasteiger partial charge in [0.1, 0.15) is 11.7 Å². The number of rotatable bonds is 6. The Labute approximate surface area is 220 Å². The van der Waals surface area contributed by atoms with Crippen LogP contribution in [0.5, 0.6) is 11.5 Å². The van der Waals surface area contributed by atoms with Crippen LogP contribution in [-0.4, -0.2) is 55.1 Å². The van der Waals surface area contributed by atoms with Crippen molar-refractivity contribution in [3.05, 3.63) is 59.2 Å². The third kappa shape index (κ3) is 2.49. The first-order valence-corrected chi connectivity index (χ1v) is 14.3. The van der Waals surface area contributed by atoms with Crippen LogP contribution in [0.1, 0.15) is 68.2 Å². The number of hydrogen-bond acceptors (Lipinski definition) is 5. The van der Waals surface area contributed by atoms with E-state index in [4.69, 9.17) is 14.2 Å². The van der Waals surface area contributed by atoms with E-state index in [1.54, 1.807) is 7.11 Å². The summed E-state index contributed by atoms with van der Waals surface area (Å²) in [6.07, 6.45) is 7.14. The molecule has 2 aromatic rings. The first kappa shape index (κ1) is 22.9. The van der Waals surface area contributed by atoms with Gasteiger partial charge in [0, 0.05) is 41.5 Å². The summed E-state index contributed by atoms with van der Waals surface area (Å²) in [5.74, 6) is 2.65. The maximum atomic E-state index is 12.2. The Hall–Kier alpha value is -2.08. The van der Waals surface area contributed by atoms with Crippen LogP contribution < -0.4 is 9.47 Å². The fourth-order valence-corrected chi connectivity index (χ4v) is 10.4. The maximum Gasteiger partial charge on any atom is 0.165 e. The Bertz CT molecular complexity index is 1260. The number of benzene rings is 2. The molecule has 37 heavy (non-hydrogen) atoms. The van der Waals surface area contributed by atoms with Crippen molar-refractivity contribution in [3.8, 4) is 11.5 Å². The number of aliphatic hydroxyl groups excluding tert-OH is 1. The molecule has 5 nitrogen and oxygen atoms in total. The number of fused-ring (bicyclic) bond motifs is 2. The molecule has 0 amide bonds. The van der Waals surface area contributed by atoms with Gasteiger partial charge in [-0.25, -0.2) is 0 Å². The first-order valence-electron chi connectivity index (χ1n) is 14.3. The van der Waals surface area contributed by atoms with Gasteiger partial charge in [-0.1, -0.05) is 43.3 Å². The van der Waals surface area contributed by atoms with Crippen molar-refractivity contribution in [2.45, 2.75) is 81.1 Å². The van der Waals surface area contributed by atoms with E-state index in [1.807, 2.05) is 25.3 Å². The van der Waals surface area contributed by atoms with E-state index in [2.05, 4.69) is 36.1 Å². The minimum absolute atomic E-state index is 0.0419. The second-order valence-electron chi connectivity index (χ2n) is 13.2. The quantitative estimate of drug-likeness (QED) is 0.601. The average molecular weight is 502 g/mol. The van der Waals surface area contributed by atoms with E-state index in [0.29, 0.717) is 6.04 Å². The molecule has 5 heteroatoms. The number of likely N-dealkylation sites (tertiary alicyclic amines) is 1. The molecule has 4 saturated carbocycles. The summed E-state index contributed by atoms with van der Waals surface area (Å²) in [6, 6.07) is 15.1. The minimum Gasteiger partial charge on any atom is -0.493 e. The largest absolute Gasteiger partial charge is 0.493 e. The smallest absolute Gasteiger partial charge is 0.165 e. The van der Waals surface area contributed by atoms with Gasteiger partial charge in [-0.05, 0) is 74.6 Å². The minimum atomic E-state index is -0.628. The molecule has 7 aliphatic rings. The lowest BCUT2D eigenvalue weighted by Gasteiger charge is -2.76. The third-order valence-electron chi connectivity index (χ3n) is 12.0. The first-order chi connectivity index (χ1) is 17.9. The van der Waals surface area contributed by atoms with Gasteiger partial charge in [0.25, 0.3) is 0 Å². The van der Waals surface area contributed by atoms with Crippen LogP contribution >= 0.6 is 0 Å². The second kappa shape index (κ2) is 7.31. The summed E-state index contributed by atoms with van der Waals surface area (Å²) < 4.78 is 19.7. The fraction of sp³-hybridized carbons (Fsp3) is 0.625. The number of methoxy groups -OCH3 is 2. The van der Waals surface area contributed by atoms with Gasteiger partial charge in [-0.15, -0.1) is 0 Å². The number of piperidine rings is 1. The highest BCUT2D eigenvalue weighted by Gasteiger charge is 2.84. The predicted octanol–water partition coefficient (Wildman–Crippen LogP) is 5.04. The third-order valence-corrected chi connectivity index (χ3v) is 12.0. The highest BCUT2D eigenvalue weighted by atomic mass is 16.6. The molecule has 2 aliphatic heterocycles. The standard InChI is InChI=1S/C32H39NO4/c1-29(27(34)21-7-5-4-6-8-21)19-30-13-14-32(29,36-3)28-31(30)15-16-33(18-20-9-10-20)24(30)17-22-11-12-23(35-2)26(37-28)25(22)31/h4-8,11-12,20,24,27-28,34H,9-10,13-19H2,1-3H3/t24-,27-,28-,29+,30-,31+,32+/m1/s1. The molecule has 5 fully saturated rings. The number of nitrogens with zero attached hydrogens (tertiary/aromatic N) is 1. The van der Waals surface area contributed by atoms with E-state index in [0.717, 1.165) is 61.6 Å². The van der Waals surface area contributed by atoms with Crippen molar-refractivity contribution in [1.29, 1.82) is 0 Å². The molecule has 0 unspecified atom stereocenters. The molecule has 1 N–H and O–H groups in total. The van der Waals surface area contributed by atoms with Crippen molar-refractivity contribution in [2.75, 3.05) is 27.3 Å². The lowest BCUT2D eigenvalue weighted by Crippen LogP contribution is -2.83. The van der Waals surface area contributed by atoms with Crippen LogP contribution in [0, 0.1) is 16.7 Å². The molecule has 9 rings (SSSR count). The number of ether oxygens (including phenoxy) is 3. The summed E-state index contributed by atoms with van der Waals surface area (Å²) in [5.41, 5.74) is 2.70. The molecule has 7 atom stereocenters. The molecule has 0 radical (unpaired) electrons. The van der Waals surface area contributed by atoms with E-state index in [1.165, 1.54) is 30.5 Å². The van der Waals surface area contributed by atoms with Crippen molar-refractivity contribution in [2.24, 2.45) is 16.7 Å². The molecule has 1 saturated heterocycles. The SMILES string of the molecule is COc1ccc2c3c1O[C@H]1[C@@]4(OC)CC[C@@]5(C[C@@]4(C)[C@H](O)c4ccccc4)[C@@H](C2)N(CC2CC2)CC[C@]315. The van der Waals surface area contributed by atoms with Crippen LogP contribution in [0.15, 0.2) is 42.5 Å². The van der Waals surface area contributed by atoms with Crippen LogP contribution in [0.25, 0.3) is 0 Å². The highest BCUT2D eigenvalue weighted by Crippen LogP contribution is 2.80. The monoisotopic (exact) mass is 501 g/mol. The van der Waals surface area contributed by atoms with Gasteiger partial charge < -0.3 is 19.3 Å². The van der Waals surface area contributed by atoms with E-state index in [-0.39, 0.29) is 16.9 Å². The average Bonchev–Trinajstić information content (AvgIpc) is 3.67. The zero-order chi connectivity index (χ0) is 25.2. The molecule has 4 bridgehead atoms. The molecule has 2 heterocycles. The molecule has 196 valence electrons. The zero-order valence-electron chi connectivity index (χ0n) is 22.3. The highest BCUT2D eigenvalue weighted by molar-refractivity contribution is 5.64. The van der Waals surface area contributed by atoms with Crippen LogP contribution in [0.2, 0.25) is 0 Å². The van der Waals surface area contributed by atoms with Crippen LogP contribution in [0.4, 0.5) is 0 Å². The number of hydrogen-bond donors (Lipinski definition) is 1. The van der Waals surface area contributed by atoms with Gasteiger partial charge in [0.15, 0.2) is 11.5 Å². The second-order valence-corrected chi connectivity index (χ2v) is 13.2. The van der Waals surface area contributed by atoms with E-state index in [9.17, 15) is 5.11 Å². The normalized spacial score (nSPS) is 41.7. The maximum absolute atomic E-state index is 12.2. The van der Waals surface area contributed by atoms with Crippen molar-refractivity contribution >= 4 is 0 Å². The molecular formula is C32H39NO4. The summed E-state index contributed by atoms with van der Waals surface area (Å²) in [6.45, 7) is 4.64. The van der Waals surface area contributed by atoms with Crippen LogP contribution in [0.3, 0.4) is 0 Å². The Balaban J connectivity index is 1.37. The molecule has 2 spiro atoms. The molecular weight excluding hydrogens is 462 g/mol. The summed E-state index contributed by atoms with van der Waals surface area (Å²) in [7, 11) is 3.61. The fourth-order valence-electron chi connectivity index (χ4n) is 10.4. The van der Waals surface area contributed by atoms with Gasteiger partial charge in [-0.2, -0.15) is 0 Å². The Morgan fingerprint density at radius 1 is 1.08 bits per heavy atom. The summed E-state index contributed by atoms with van der Waals surface area (Å²) >= 11 is 0. The Morgan fingerprint density at radius 2 is 1.89 bits per heavy atom. The zero-order valence-corrected chi connectivity index (χ0v) is 22.3. The van der Waals surface area contributed by atoms with Gasteiger partial charge >= 0.3 is 0 Å². The van der Waals surface area contributed by atoms with E-state index >= 15 is 0 Å². The molecule has 2 aromatic carbocycles. The number of aliphatic hydroxyl groups is 1. The van der Waals surface area contributed by atoms with Crippen molar-refractivity contribution in [3.63, 3.8) is 0 Å². The van der Waals surface area contributed by atoms with Crippen molar-refractivity contribution in [1.82, 2.24) is 4.90 Å². The Morgan fingerprint density at radius 3 is 2.62 bits per heavy atom. The van der Waals surface area contributed by atoms with Gasteiger partial charge in [0.2, 0.25) is 0 Å². The van der Waals surface area contributed by atoms with Gasteiger partial charge in [-0.3, -0.25) is 4.90 Å².